The maximum absolute atomic E-state index is 12.4. The summed E-state index contributed by atoms with van der Waals surface area (Å²) in [6.07, 6.45) is 1.51. The highest BCUT2D eigenvalue weighted by Crippen LogP contribution is 2.28. The topological polar surface area (TPSA) is 59.3 Å². The molecule has 0 saturated heterocycles. The van der Waals surface area contributed by atoms with Gasteiger partial charge in [0.25, 0.3) is 0 Å². The van der Waals surface area contributed by atoms with Crippen LogP contribution < -0.4 is 9.47 Å². The lowest BCUT2D eigenvalue weighted by molar-refractivity contribution is 0.104. The van der Waals surface area contributed by atoms with Gasteiger partial charge in [0.2, 0.25) is 5.78 Å². The molecule has 0 fully saturated rings. The number of Topliss-reactive ketones (excluding diaryl/α,β-unsaturated/α-hetero) is 1. The first-order chi connectivity index (χ1) is 11.1. The van der Waals surface area contributed by atoms with Crippen molar-refractivity contribution in [2.24, 2.45) is 0 Å². The van der Waals surface area contributed by atoms with Crippen LogP contribution in [0.4, 0.5) is 0 Å². The average molecular weight is 328 g/mol. The minimum Gasteiger partial charge on any atom is -0.493 e. The number of methoxy groups -OCH3 is 2. The molecule has 2 aromatic carbocycles. The molecule has 4 nitrogen and oxygen atoms in total. The van der Waals surface area contributed by atoms with Gasteiger partial charge in [0.1, 0.15) is 11.6 Å². The monoisotopic (exact) mass is 327 g/mol. The Morgan fingerprint density at radius 3 is 2.30 bits per heavy atom. The average Bonchev–Trinajstić information content (AvgIpc) is 2.59. The highest BCUT2D eigenvalue weighted by molar-refractivity contribution is 6.30. The van der Waals surface area contributed by atoms with E-state index in [0.717, 1.165) is 0 Å². The number of nitrogens with zero attached hydrogens (tertiary/aromatic N) is 1. The molecule has 2 rings (SSSR count). The highest BCUT2D eigenvalue weighted by atomic mass is 35.5. The van der Waals surface area contributed by atoms with E-state index >= 15 is 0 Å². The van der Waals surface area contributed by atoms with E-state index in [1.54, 1.807) is 42.5 Å². The molecule has 0 aromatic heterocycles. The summed E-state index contributed by atoms with van der Waals surface area (Å²) >= 11 is 5.80. The molecular weight excluding hydrogens is 314 g/mol. The highest BCUT2D eigenvalue weighted by Gasteiger charge is 2.13. The molecule has 5 heteroatoms. The number of ether oxygens (including phenoxy) is 2. The van der Waals surface area contributed by atoms with Crippen LogP contribution >= 0.6 is 11.6 Å². The van der Waals surface area contributed by atoms with Crippen molar-refractivity contribution in [1.82, 2.24) is 0 Å². The lowest BCUT2D eigenvalue weighted by Crippen LogP contribution is -2.01. The molecule has 0 spiro atoms. The van der Waals surface area contributed by atoms with E-state index in [1.807, 2.05) is 6.07 Å². The van der Waals surface area contributed by atoms with E-state index in [9.17, 15) is 10.1 Å². The van der Waals surface area contributed by atoms with Crippen molar-refractivity contribution in [2.75, 3.05) is 14.2 Å². The third-order valence-electron chi connectivity index (χ3n) is 3.19. The van der Waals surface area contributed by atoms with Crippen LogP contribution in [0.2, 0.25) is 5.02 Å². The van der Waals surface area contributed by atoms with Crippen molar-refractivity contribution in [3.05, 3.63) is 64.2 Å². The second-order valence-corrected chi connectivity index (χ2v) is 5.06. The van der Waals surface area contributed by atoms with Gasteiger partial charge in [-0.3, -0.25) is 4.79 Å². The summed E-state index contributed by atoms with van der Waals surface area (Å²) in [5.41, 5.74) is 1.10. The van der Waals surface area contributed by atoms with Gasteiger partial charge in [-0.2, -0.15) is 5.26 Å². The van der Waals surface area contributed by atoms with Crippen LogP contribution in [0.15, 0.2) is 48.0 Å². The molecule has 0 bridgehead atoms. The van der Waals surface area contributed by atoms with Gasteiger partial charge in [0.15, 0.2) is 11.5 Å². The Morgan fingerprint density at radius 2 is 1.74 bits per heavy atom. The second kappa shape index (κ2) is 7.48. The molecule has 0 atom stereocenters. The van der Waals surface area contributed by atoms with Crippen LogP contribution in [-0.2, 0) is 0 Å². The number of carbonyl (C=O) groups is 1. The summed E-state index contributed by atoms with van der Waals surface area (Å²) in [6, 6.07) is 13.5. The molecule has 2 aromatic rings. The number of carbonyl (C=O) groups excluding carboxylic acids is 1. The van der Waals surface area contributed by atoms with Crippen molar-refractivity contribution >= 4 is 23.5 Å². The Labute approximate surface area is 139 Å². The van der Waals surface area contributed by atoms with Gasteiger partial charge in [-0.05, 0) is 48.0 Å². The first kappa shape index (κ1) is 16.6. The standard InChI is InChI=1S/C18H14ClNO3/c1-22-16-8-3-12(10-17(16)23-2)9-14(11-20)18(21)13-4-6-15(19)7-5-13/h3-10H,1-2H3/b14-9+. The first-order valence-electron chi connectivity index (χ1n) is 6.73. The Hall–Kier alpha value is -2.77. The normalized spacial score (nSPS) is 10.8. The maximum atomic E-state index is 12.4. The van der Waals surface area contributed by atoms with Crippen molar-refractivity contribution in [1.29, 1.82) is 5.26 Å². The molecule has 23 heavy (non-hydrogen) atoms. The fraction of sp³-hybridized carbons (Fsp3) is 0.111. The minimum absolute atomic E-state index is 0.0274. The SMILES string of the molecule is COc1ccc(/C=C(\C#N)C(=O)c2ccc(Cl)cc2)cc1OC. The van der Waals surface area contributed by atoms with Crippen molar-refractivity contribution in [3.63, 3.8) is 0 Å². The molecule has 0 aliphatic heterocycles. The van der Waals surface area contributed by atoms with E-state index in [2.05, 4.69) is 0 Å². The number of ketones is 1. The molecular formula is C18H14ClNO3. The molecule has 0 saturated carbocycles. The fourth-order valence-corrected chi connectivity index (χ4v) is 2.14. The smallest absolute Gasteiger partial charge is 0.203 e. The van der Waals surface area contributed by atoms with E-state index < -0.39 is 0 Å². The van der Waals surface area contributed by atoms with Crippen molar-refractivity contribution in [3.8, 4) is 17.6 Å². The molecule has 0 N–H and O–H groups in total. The lowest BCUT2D eigenvalue weighted by Gasteiger charge is -2.08. The van der Waals surface area contributed by atoms with Gasteiger partial charge in [-0.25, -0.2) is 0 Å². The summed E-state index contributed by atoms with van der Waals surface area (Å²) in [7, 11) is 3.06. The predicted octanol–water partition coefficient (Wildman–Crippen LogP) is 4.15. The summed E-state index contributed by atoms with van der Waals surface area (Å²) < 4.78 is 10.4. The molecule has 0 aliphatic carbocycles. The van der Waals surface area contributed by atoms with Crippen molar-refractivity contribution < 1.29 is 14.3 Å². The Morgan fingerprint density at radius 1 is 1.09 bits per heavy atom. The molecule has 0 heterocycles. The van der Waals surface area contributed by atoms with Crippen LogP contribution in [0.3, 0.4) is 0 Å². The van der Waals surface area contributed by atoms with Gasteiger partial charge >= 0.3 is 0 Å². The third-order valence-corrected chi connectivity index (χ3v) is 3.44. The second-order valence-electron chi connectivity index (χ2n) is 4.62. The number of hydrogen-bond acceptors (Lipinski definition) is 4. The van der Waals surface area contributed by atoms with Gasteiger partial charge < -0.3 is 9.47 Å². The lowest BCUT2D eigenvalue weighted by atomic mass is 10.0. The van der Waals surface area contributed by atoms with Crippen LogP contribution in [0.1, 0.15) is 15.9 Å². The van der Waals surface area contributed by atoms with E-state index in [4.69, 9.17) is 21.1 Å². The van der Waals surface area contributed by atoms with Gasteiger partial charge in [-0.1, -0.05) is 17.7 Å². The predicted molar refractivity (Wildman–Crippen MR) is 88.9 cm³/mol. The van der Waals surface area contributed by atoms with E-state index in [-0.39, 0.29) is 11.4 Å². The first-order valence-corrected chi connectivity index (χ1v) is 7.11. The van der Waals surface area contributed by atoms with Crippen molar-refractivity contribution in [2.45, 2.75) is 0 Å². The maximum Gasteiger partial charge on any atom is 0.203 e. The molecule has 0 unspecified atom stereocenters. The number of benzene rings is 2. The van der Waals surface area contributed by atoms with E-state index in [0.29, 0.717) is 27.6 Å². The van der Waals surface area contributed by atoms with Crippen LogP contribution in [0, 0.1) is 11.3 Å². The molecule has 0 aliphatic rings. The fourth-order valence-electron chi connectivity index (χ4n) is 2.01. The Bertz CT molecular complexity index is 789. The summed E-state index contributed by atoms with van der Waals surface area (Å²) in [5.74, 6) is 0.739. The summed E-state index contributed by atoms with van der Waals surface area (Å²) in [4.78, 5) is 12.4. The van der Waals surface area contributed by atoms with Crippen LogP contribution in [0.25, 0.3) is 6.08 Å². The largest absolute Gasteiger partial charge is 0.493 e. The zero-order valence-corrected chi connectivity index (χ0v) is 13.4. The van der Waals surface area contributed by atoms with Crippen LogP contribution in [0.5, 0.6) is 11.5 Å². The zero-order chi connectivity index (χ0) is 16.8. The van der Waals surface area contributed by atoms with Gasteiger partial charge in [-0.15, -0.1) is 0 Å². The van der Waals surface area contributed by atoms with E-state index in [1.165, 1.54) is 20.3 Å². The number of rotatable bonds is 5. The molecule has 0 radical (unpaired) electrons. The zero-order valence-electron chi connectivity index (χ0n) is 12.7. The number of allylic oxidation sites excluding steroid dienone is 1. The summed E-state index contributed by atoms with van der Waals surface area (Å²) in [5, 5.41) is 9.81. The number of halogens is 1. The Kier molecular flexibility index (Phi) is 5.40. The Balaban J connectivity index is 2.37. The molecule has 116 valence electrons. The van der Waals surface area contributed by atoms with Gasteiger partial charge in [0, 0.05) is 10.6 Å². The quantitative estimate of drug-likeness (QED) is 0.470. The molecule has 0 amide bonds. The van der Waals surface area contributed by atoms with Crippen LogP contribution in [-0.4, -0.2) is 20.0 Å². The minimum atomic E-state index is -0.362. The summed E-state index contributed by atoms with van der Waals surface area (Å²) in [6.45, 7) is 0. The number of nitriles is 1. The third kappa shape index (κ3) is 3.91. The van der Waals surface area contributed by atoms with Gasteiger partial charge in [0.05, 0.1) is 14.2 Å². The number of hydrogen-bond donors (Lipinski definition) is 0.